The second-order valence-electron chi connectivity index (χ2n) is 5.56. The molecular weight excluding hydrogens is 286 g/mol. The van der Waals surface area contributed by atoms with Gasteiger partial charge in [0.2, 0.25) is 5.91 Å². The van der Waals surface area contributed by atoms with Crippen LogP contribution >= 0.6 is 11.6 Å². The Kier molecular flexibility index (Phi) is 6.49. The van der Waals surface area contributed by atoms with E-state index in [1.807, 2.05) is 12.1 Å². The molecule has 1 aromatic rings. The number of hydrogen-bond acceptors (Lipinski definition) is 3. The van der Waals surface area contributed by atoms with Gasteiger partial charge in [0.15, 0.2) is 0 Å². The number of likely N-dealkylation sites (tertiary alicyclic amines) is 1. The topological polar surface area (TPSA) is 44.4 Å². The van der Waals surface area contributed by atoms with Gasteiger partial charge in [0.05, 0.1) is 6.54 Å². The van der Waals surface area contributed by atoms with Gasteiger partial charge in [-0.2, -0.15) is 0 Å². The van der Waals surface area contributed by atoms with Crippen molar-refractivity contribution in [2.75, 3.05) is 31.5 Å². The number of nitrogens with one attached hydrogen (secondary N) is 2. The summed E-state index contributed by atoms with van der Waals surface area (Å²) in [6, 6.07) is 7.66. The minimum Gasteiger partial charge on any atom is -0.325 e. The van der Waals surface area contributed by atoms with Gasteiger partial charge in [-0.15, -0.1) is 0 Å². The predicted molar refractivity (Wildman–Crippen MR) is 87.8 cm³/mol. The Balaban J connectivity index is 1.68. The number of piperidine rings is 1. The molecule has 2 N–H and O–H groups in total. The molecule has 0 saturated carbocycles. The molecule has 0 bridgehead atoms. The van der Waals surface area contributed by atoms with E-state index >= 15 is 0 Å². The summed E-state index contributed by atoms with van der Waals surface area (Å²) >= 11 is 5.89. The van der Waals surface area contributed by atoms with E-state index < -0.39 is 0 Å². The largest absolute Gasteiger partial charge is 0.325 e. The summed E-state index contributed by atoms with van der Waals surface area (Å²) in [5.74, 6) is -0.0201. The summed E-state index contributed by atoms with van der Waals surface area (Å²) in [5.41, 5.74) is 0.743. The maximum absolute atomic E-state index is 11.9. The molecule has 116 valence electrons. The molecule has 1 aromatic carbocycles. The first-order valence-electron chi connectivity index (χ1n) is 7.68. The van der Waals surface area contributed by atoms with Crippen molar-refractivity contribution in [3.05, 3.63) is 29.3 Å². The fourth-order valence-corrected chi connectivity index (χ4v) is 2.88. The molecule has 0 atom stereocenters. The van der Waals surface area contributed by atoms with Crippen LogP contribution in [-0.2, 0) is 4.79 Å². The normalized spacial score (nSPS) is 16.9. The second kappa shape index (κ2) is 8.37. The molecule has 1 saturated heterocycles. The molecule has 1 aliphatic heterocycles. The number of halogens is 1. The summed E-state index contributed by atoms with van der Waals surface area (Å²) in [5, 5.41) is 6.83. The molecule has 1 amide bonds. The molecule has 4 nitrogen and oxygen atoms in total. The molecule has 1 heterocycles. The molecule has 1 fully saturated rings. The van der Waals surface area contributed by atoms with E-state index in [0.29, 0.717) is 17.6 Å². The number of anilines is 1. The Bertz CT molecular complexity index is 459. The minimum atomic E-state index is -0.0201. The van der Waals surface area contributed by atoms with Crippen LogP contribution in [0.1, 0.15) is 26.2 Å². The first-order valence-corrected chi connectivity index (χ1v) is 8.06. The van der Waals surface area contributed by atoms with E-state index in [4.69, 9.17) is 11.6 Å². The summed E-state index contributed by atoms with van der Waals surface area (Å²) in [6.07, 6.45) is 3.44. The van der Waals surface area contributed by atoms with Crippen LogP contribution in [0.2, 0.25) is 5.02 Å². The average Bonchev–Trinajstić information content (AvgIpc) is 2.47. The molecular formula is C16H24ClN3O. The van der Waals surface area contributed by atoms with Crippen molar-refractivity contribution in [1.82, 2.24) is 10.2 Å². The van der Waals surface area contributed by atoms with Gasteiger partial charge >= 0.3 is 0 Å². The smallest absolute Gasteiger partial charge is 0.238 e. The van der Waals surface area contributed by atoms with E-state index in [1.54, 1.807) is 12.1 Å². The standard InChI is InChI=1S/C16H24ClN3O/c1-2-8-20-9-6-14(7-10-20)18-12-16(21)19-15-5-3-4-13(17)11-15/h3-5,11,14,18H,2,6-10,12H2,1H3,(H,19,21). The quantitative estimate of drug-likeness (QED) is 0.849. The van der Waals surface area contributed by atoms with Gasteiger partial charge in [0.1, 0.15) is 0 Å². The number of carbonyl (C=O) groups excluding carboxylic acids is 1. The van der Waals surface area contributed by atoms with E-state index in [0.717, 1.165) is 31.6 Å². The minimum absolute atomic E-state index is 0.0201. The number of rotatable bonds is 6. The van der Waals surface area contributed by atoms with Crippen LogP contribution in [0.5, 0.6) is 0 Å². The Morgan fingerprint density at radius 3 is 2.81 bits per heavy atom. The number of benzene rings is 1. The highest BCUT2D eigenvalue weighted by molar-refractivity contribution is 6.30. The highest BCUT2D eigenvalue weighted by Gasteiger charge is 2.18. The van der Waals surface area contributed by atoms with Gasteiger partial charge in [-0.3, -0.25) is 4.79 Å². The Morgan fingerprint density at radius 2 is 2.14 bits per heavy atom. The van der Waals surface area contributed by atoms with Crippen LogP contribution in [-0.4, -0.2) is 43.0 Å². The van der Waals surface area contributed by atoms with E-state index in [1.165, 1.54) is 13.0 Å². The van der Waals surface area contributed by atoms with Gasteiger partial charge in [0.25, 0.3) is 0 Å². The Labute approximate surface area is 131 Å². The molecule has 1 aliphatic rings. The van der Waals surface area contributed by atoms with Crippen molar-refractivity contribution >= 4 is 23.2 Å². The summed E-state index contributed by atoms with van der Waals surface area (Å²) < 4.78 is 0. The third-order valence-electron chi connectivity index (χ3n) is 3.79. The molecule has 0 aliphatic carbocycles. The second-order valence-corrected chi connectivity index (χ2v) is 5.99. The van der Waals surface area contributed by atoms with Gasteiger partial charge < -0.3 is 15.5 Å². The van der Waals surface area contributed by atoms with Crippen LogP contribution in [0.25, 0.3) is 0 Å². The molecule has 0 radical (unpaired) electrons. The predicted octanol–water partition coefficient (Wildman–Crippen LogP) is 2.74. The molecule has 0 unspecified atom stereocenters. The fraction of sp³-hybridized carbons (Fsp3) is 0.562. The van der Waals surface area contributed by atoms with Crippen LogP contribution in [0, 0.1) is 0 Å². The third kappa shape index (κ3) is 5.65. The number of carbonyl (C=O) groups is 1. The van der Waals surface area contributed by atoms with Gasteiger partial charge in [-0.25, -0.2) is 0 Å². The molecule has 2 rings (SSSR count). The summed E-state index contributed by atoms with van der Waals surface area (Å²) in [7, 11) is 0. The Hall–Kier alpha value is -1.10. The lowest BCUT2D eigenvalue weighted by molar-refractivity contribution is -0.115. The van der Waals surface area contributed by atoms with E-state index in [-0.39, 0.29) is 5.91 Å². The van der Waals surface area contributed by atoms with Crippen molar-refractivity contribution in [3.63, 3.8) is 0 Å². The first kappa shape index (κ1) is 16.3. The van der Waals surface area contributed by atoms with E-state index in [9.17, 15) is 4.79 Å². The van der Waals surface area contributed by atoms with Gasteiger partial charge in [-0.1, -0.05) is 24.6 Å². The third-order valence-corrected chi connectivity index (χ3v) is 4.02. The van der Waals surface area contributed by atoms with Crippen molar-refractivity contribution < 1.29 is 4.79 Å². The average molecular weight is 310 g/mol. The van der Waals surface area contributed by atoms with Crippen LogP contribution in [0.4, 0.5) is 5.69 Å². The summed E-state index contributed by atoms with van der Waals surface area (Å²) in [4.78, 5) is 14.4. The molecule has 5 heteroatoms. The lowest BCUT2D eigenvalue weighted by atomic mass is 10.0. The van der Waals surface area contributed by atoms with Crippen molar-refractivity contribution in [3.8, 4) is 0 Å². The molecule has 0 aromatic heterocycles. The maximum atomic E-state index is 11.9. The SMILES string of the molecule is CCCN1CCC(NCC(=O)Nc2cccc(Cl)c2)CC1. The Morgan fingerprint density at radius 1 is 1.38 bits per heavy atom. The zero-order valence-electron chi connectivity index (χ0n) is 12.6. The number of nitrogens with zero attached hydrogens (tertiary/aromatic N) is 1. The zero-order chi connectivity index (χ0) is 15.1. The lowest BCUT2D eigenvalue weighted by Gasteiger charge is -2.32. The molecule has 0 spiro atoms. The number of amides is 1. The molecule has 21 heavy (non-hydrogen) atoms. The van der Waals surface area contributed by atoms with Crippen molar-refractivity contribution in [1.29, 1.82) is 0 Å². The first-order chi connectivity index (χ1) is 10.2. The van der Waals surface area contributed by atoms with Crippen LogP contribution in [0.3, 0.4) is 0 Å². The highest BCUT2D eigenvalue weighted by Crippen LogP contribution is 2.15. The van der Waals surface area contributed by atoms with Gasteiger partial charge in [0, 0.05) is 16.8 Å². The zero-order valence-corrected chi connectivity index (χ0v) is 13.3. The van der Waals surface area contributed by atoms with Crippen LogP contribution < -0.4 is 10.6 Å². The van der Waals surface area contributed by atoms with Crippen molar-refractivity contribution in [2.24, 2.45) is 0 Å². The highest BCUT2D eigenvalue weighted by atomic mass is 35.5. The maximum Gasteiger partial charge on any atom is 0.238 e. The van der Waals surface area contributed by atoms with Crippen molar-refractivity contribution in [2.45, 2.75) is 32.2 Å². The summed E-state index contributed by atoms with van der Waals surface area (Å²) in [6.45, 7) is 6.00. The lowest BCUT2D eigenvalue weighted by Crippen LogP contribution is -2.44. The van der Waals surface area contributed by atoms with Crippen LogP contribution in [0.15, 0.2) is 24.3 Å². The fourth-order valence-electron chi connectivity index (χ4n) is 2.69. The monoisotopic (exact) mass is 309 g/mol. The van der Waals surface area contributed by atoms with Gasteiger partial charge in [-0.05, 0) is 57.1 Å². The number of hydrogen-bond donors (Lipinski definition) is 2. The van der Waals surface area contributed by atoms with E-state index in [2.05, 4.69) is 22.5 Å².